The second-order valence-electron chi connectivity index (χ2n) is 7.03. The van der Waals surface area contributed by atoms with Gasteiger partial charge in [-0.2, -0.15) is 0 Å². The van der Waals surface area contributed by atoms with E-state index in [0.717, 1.165) is 0 Å². The van der Waals surface area contributed by atoms with Crippen molar-refractivity contribution >= 4 is 5.97 Å². The van der Waals surface area contributed by atoms with E-state index in [2.05, 4.69) is 27.7 Å². The molecule has 1 rings (SSSR count). The van der Waals surface area contributed by atoms with E-state index in [4.69, 9.17) is 4.74 Å². The van der Waals surface area contributed by atoms with E-state index in [-0.39, 0.29) is 11.3 Å². The Bertz CT molecular complexity index is 443. The molecule has 0 aliphatic rings. The van der Waals surface area contributed by atoms with E-state index < -0.39 is 17.5 Å². The maximum Gasteiger partial charge on any atom is 0.312 e. The van der Waals surface area contributed by atoms with E-state index in [9.17, 15) is 9.90 Å². The van der Waals surface area contributed by atoms with Crippen LogP contribution in [0.3, 0.4) is 0 Å². The van der Waals surface area contributed by atoms with Gasteiger partial charge in [0.2, 0.25) is 0 Å². The molecule has 3 heteroatoms. The number of hydrogen-bond acceptors (Lipinski definition) is 2. The minimum absolute atomic E-state index is 0.0355. The Hall–Kier alpha value is -1.51. The van der Waals surface area contributed by atoms with Crippen molar-refractivity contribution in [2.45, 2.75) is 47.6 Å². The summed E-state index contributed by atoms with van der Waals surface area (Å²) in [6.07, 6.45) is -0.401. The summed E-state index contributed by atoms with van der Waals surface area (Å²) in [6, 6.07) is 9.42. The number of hydrogen-bond donors (Lipinski definition) is 1. The van der Waals surface area contributed by atoms with Gasteiger partial charge in [-0.15, -0.1) is 0 Å². The zero-order chi connectivity index (χ0) is 15.6. The quantitative estimate of drug-likeness (QED) is 0.876. The summed E-state index contributed by atoms with van der Waals surface area (Å²) < 4.78 is 6.05. The van der Waals surface area contributed by atoms with E-state index in [1.54, 1.807) is 13.8 Å². The third-order valence-corrected chi connectivity index (χ3v) is 4.09. The third-order valence-electron chi connectivity index (χ3n) is 4.09. The van der Waals surface area contributed by atoms with Crippen molar-refractivity contribution in [3.63, 3.8) is 0 Å². The molecule has 1 aromatic carbocycles. The normalized spacial score (nSPS) is 15.5. The smallest absolute Gasteiger partial charge is 0.312 e. The Labute approximate surface area is 122 Å². The first kappa shape index (κ1) is 16.5. The lowest BCUT2D eigenvalue weighted by atomic mass is 9.70. The molecule has 112 valence electrons. The van der Waals surface area contributed by atoms with Gasteiger partial charge in [-0.05, 0) is 37.3 Å². The highest BCUT2D eigenvalue weighted by Crippen LogP contribution is 2.39. The largest absolute Gasteiger partial charge is 0.489 e. The van der Waals surface area contributed by atoms with Gasteiger partial charge in [0, 0.05) is 0 Å². The highest BCUT2D eigenvalue weighted by molar-refractivity contribution is 5.74. The van der Waals surface area contributed by atoms with Crippen LogP contribution >= 0.6 is 0 Å². The maximum atomic E-state index is 11.6. The first-order valence-corrected chi connectivity index (χ1v) is 7.02. The molecule has 0 amide bonds. The number of benzene rings is 1. The highest BCUT2D eigenvalue weighted by atomic mass is 16.5. The molecule has 0 saturated carbocycles. The molecule has 0 bridgehead atoms. The topological polar surface area (TPSA) is 46.5 Å². The summed E-state index contributed by atoms with van der Waals surface area (Å²) in [4.78, 5) is 11.6. The first-order valence-electron chi connectivity index (χ1n) is 7.02. The van der Waals surface area contributed by atoms with Crippen LogP contribution in [0.25, 0.3) is 0 Å². The van der Waals surface area contributed by atoms with Gasteiger partial charge in [0.1, 0.15) is 11.9 Å². The number of rotatable bonds is 5. The molecule has 0 aliphatic carbocycles. The van der Waals surface area contributed by atoms with Gasteiger partial charge in [-0.3, -0.25) is 4.79 Å². The van der Waals surface area contributed by atoms with Gasteiger partial charge >= 0.3 is 5.97 Å². The Balaban J connectivity index is 3.12. The van der Waals surface area contributed by atoms with Crippen LogP contribution in [0.15, 0.2) is 30.3 Å². The molecule has 3 nitrogen and oxygen atoms in total. The van der Waals surface area contributed by atoms with Crippen LogP contribution in [0, 0.1) is 16.7 Å². The maximum absolute atomic E-state index is 11.6. The SMILES string of the molecule is CC(C(Oc1ccccc1)C(C)(C)C(=O)O)C(C)(C)C. The van der Waals surface area contributed by atoms with Crippen molar-refractivity contribution in [2.24, 2.45) is 16.7 Å². The van der Waals surface area contributed by atoms with Crippen molar-refractivity contribution in [1.29, 1.82) is 0 Å². The number of ether oxygens (including phenoxy) is 1. The summed E-state index contributed by atoms with van der Waals surface area (Å²) in [5.74, 6) is -0.0359. The van der Waals surface area contributed by atoms with Crippen molar-refractivity contribution in [3.8, 4) is 5.75 Å². The van der Waals surface area contributed by atoms with Crippen molar-refractivity contribution < 1.29 is 14.6 Å². The van der Waals surface area contributed by atoms with E-state index in [1.165, 1.54) is 0 Å². The Morgan fingerprint density at radius 3 is 2.00 bits per heavy atom. The molecule has 1 N–H and O–H groups in total. The Kier molecular flexibility index (Phi) is 4.85. The molecule has 0 aromatic heterocycles. The van der Waals surface area contributed by atoms with Gasteiger partial charge in [0.05, 0.1) is 5.41 Å². The van der Waals surface area contributed by atoms with Crippen LogP contribution in [0.1, 0.15) is 41.5 Å². The molecule has 0 fully saturated rings. The molecule has 0 radical (unpaired) electrons. The zero-order valence-electron chi connectivity index (χ0n) is 13.3. The number of para-hydroxylation sites is 1. The number of carbonyl (C=O) groups is 1. The van der Waals surface area contributed by atoms with Gasteiger partial charge < -0.3 is 9.84 Å². The van der Waals surface area contributed by atoms with E-state index in [0.29, 0.717) is 5.75 Å². The van der Waals surface area contributed by atoms with Gasteiger partial charge in [0.15, 0.2) is 0 Å². The summed E-state index contributed by atoms with van der Waals surface area (Å²) in [5, 5.41) is 9.52. The van der Waals surface area contributed by atoms with Crippen LogP contribution in [-0.4, -0.2) is 17.2 Å². The van der Waals surface area contributed by atoms with Crippen molar-refractivity contribution in [2.75, 3.05) is 0 Å². The van der Waals surface area contributed by atoms with Crippen LogP contribution in [-0.2, 0) is 4.79 Å². The second-order valence-corrected chi connectivity index (χ2v) is 7.03. The molecule has 0 saturated heterocycles. The lowest BCUT2D eigenvalue weighted by Gasteiger charge is -2.41. The van der Waals surface area contributed by atoms with Crippen molar-refractivity contribution in [1.82, 2.24) is 0 Å². The van der Waals surface area contributed by atoms with E-state index >= 15 is 0 Å². The fraction of sp³-hybridized carbons (Fsp3) is 0.588. The number of aliphatic carboxylic acids is 1. The van der Waals surface area contributed by atoms with Crippen molar-refractivity contribution in [3.05, 3.63) is 30.3 Å². The van der Waals surface area contributed by atoms with Crippen LogP contribution in [0.2, 0.25) is 0 Å². The zero-order valence-corrected chi connectivity index (χ0v) is 13.3. The second kappa shape index (κ2) is 5.86. The fourth-order valence-corrected chi connectivity index (χ4v) is 2.10. The molecule has 2 atom stereocenters. The summed E-state index contributed by atoms with van der Waals surface area (Å²) in [6.45, 7) is 11.8. The van der Waals surface area contributed by atoms with Gasteiger partial charge in [-0.25, -0.2) is 0 Å². The standard InChI is InChI=1S/C17H26O3/c1-12(16(2,3)4)14(17(5,6)15(18)19)20-13-10-8-7-9-11-13/h7-12,14H,1-6H3,(H,18,19). The van der Waals surface area contributed by atoms with Crippen LogP contribution in [0.4, 0.5) is 0 Å². The van der Waals surface area contributed by atoms with Crippen LogP contribution < -0.4 is 4.74 Å². The number of carboxylic acids is 1. The molecule has 0 heterocycles. The highest BCUT2D eigenvalue weighted by Gasteiger charge is 2.45. The average Bonchev–Trinajstić information content (AvgIpc) is 2.35. The van der Waals surface area contributed by atoms with Gasteiger partial charge in [-0.1, -0.05) is 45.9 Å². The average molecular weight is 278 g/mol. The molecule has 1 aromatic rings. The predicted molar refractivity (Wildman–Crippen MR) is 80.9 cm³/mol. The predicted octanol–water partition coefficient (Wildman–Crippen LogP) is 4.23. The molecular weight excluding hydrogens is 252 g/mol. The summed E-state index contributed by atoms with van der Waals surface area (Å²) in [7, 11) is 0. The lowest BCUT2D eigenvalue weighted by molar-refractivity contribution is -0.155. The lowest BCUT2D eigenvalue weighted by Crippen LogP contribution is -2.48. The molecule has 0 spiro atoms. The molecule has 20 heavy (non-hydrogen) atoms. The Morgan fingerprint density at radius 1 is 1.10 bits per heavy atom. The number of carboxylic acid groups (broad SMARTS) is 1. The Morgan fingerprint density at radius 2 is 1.60 bits per heavy atom. The minimum Gasteiger partial charge on any atom is -0.489 e. The van der Waals surface area contributed by atoms with E-state index in [1.807, 2.05) is 30.3 Å². The molecular formula is C17H26O3. The third kappa shape index (κ3) is 3.75. The molecule has 0 aliphatic heterocycles. The monoisotopic (exact) mass is 278 g/mol. The van der Waals surface area contributed by atoms with Crippen LogP contribution in [0.5, 0.6) is 5.75 Å². The van der Waals surface area contributed by atoms with Gasteiger partial charge in [0.25, 0.3) is 0 Å². The first-order chi connectivity index (χ1) is 9.06. The molecule has 2 unspecified atom stereocenters. The summed E-state index contributed by atoms with van der Waals surface area (Å²) >= 11 is 0. The minimum atomic E-state index is -0.956. The fourth-order valence-electron chi connectivity index (χ4n) is 2.10. The summed E-state index contributed by atoms with van der Waals surface area (Å²) in [5.41, 5.74) is -0.991.